The molecule has 1 rings (SSSR count). The van der Waals surface area contributed by atoms with Crippen LogP contribution in [0.4, 0.5) is 0 Å². The van der Waals surface area contributed by atoms with E-state index in [1.807, 2.05) is 0 Å². The molecule has 2 atom stereocenters. The van der Waals surface area contributed by atoms with Crippen LogP contribution in [0.3, 0.4) is 0 Å². The van der Waals surface area contributed by atoms with Gasteiger partial charge in [-0.25, -0.2) is 0 Å². The molecule has 3 nitrogen and oxygen atoms in total. The van der Waals surface area contributed by atoms with Crippen molar-refractivity contribution >= 4 is 5.71 Å². The summed E-state index contributed by atoms with van der Waals surface area (Å²) in [6.07, 6.45) is 2.01. The minimum absolute atomic E-state index is 0.0995. The molecule has 0 bridgehead atoms. The highest BCUT2D eigenvalue weighted by molar-refractivity contribution is 5.90. The first-order chi connectivity index (χ1) is 5.25. The van der Waals surface area contributed by atoms with E-state index in [9.17, 15) is 0 Å². The van der Waals surface area contributed by atoms with Crippen molar-refractivity contribution in [3.05, 3.63) is 0 Å². The molecule has 1 aliphatic rings. The Morgan fingerprint density at radius 2 is 2.45 bits per heavy atom. The van der Waals surface area contributed by atoms with Crippen molar-refractivity contribution in [2.45, 2.75) is 32.7 Å². The molecule has 0 spiro atoms. The van der Waals surface area contributed by atoms with Gasteiger partial charge in [0.2, 0.25) is 0 Å². The van der Waals surface area contributed by atoms with Crippen LogP contribution in [0, 0.1) is 5.92 Å². The Kier molecular flexibility index (Phi) is 2.88. The van der Waals surface area contributed by atoms with E-state index in [0.717, 1.165) is 18.6 Å². The quantitative estimate of drug-likeness (QED) is 0.666. The van der Waals surface area contributed by atoms with Gasteiger partial charge < -0.3 is 10.6 Å². The van der Waals surface area contributed by atoms with Gasteiger partial charge in [0.15, 0.2) is 0 Å². The highest BCUT2D eigenvalue weighted by atomic mass is 16.6. The van der Waals surface area contributed by atoms with E-state index < -0.39 is 0 Å². The molecule has 0 aromatic rings. The van der Waals surface area contributed by atoms with E-state index >= 15 is 0 Å². The van der Waals surface area contributed by atoms with Crippen molar-refractivity contribution < 1.29 is 4.84 Å². The highest BCUT2D eigenvalue weighted by Crippen LogP contribution is 2.12. The number of rotatable bonds is 3. The summed E-state index contributed by atoms with van der Waals surface area (Å²) in [7, 11) is 0. The first kappa shape index (κ1) is 8.53. The SMILES string of the molecule is CC[C@@H](C)[C@H](N)C1=NOCC1. The number of hydrogen-bond acceptors (Lipinski definition) is 3. The van der Waals surface area contributed by atoms with Gasteiger partial charge >= 0.3 is 0 Å². The minimum Gasteiger partial charge on any atom is -0.395 e. The minimum atomic E-state index is 0.0995. The van der Waals surface area contributed by atoms with Gasteiger partial charge in [0.05, 0.1) is 5.71 Å². The standard InChI is InChI=1S/C8H16N2O/c1-3-6(2)8(9)7-4-5-11-10-7/h6,8H,3-5,9H2,1-2H3/t6-,8+/m1/s1. The summed E-state index contributed by atoms with van der Waals surface area (Å²) >= 11 is 0. The predicted octanol–water partition coefficient (Wildman–Crippen LogP) is 1.14. The van der Waals surface area contributed by atoms with Crippen LogP contribution in [0.2, 0.25) is 0 Å². The van der Waals surface area contributed by atoms with Gasteiger partial charge in [-0.15, -0.1) is 0 Å². The summed E-state index contributed by atoms with van der Waals surface area (Å²) in [5.41, 5.74) is 6.95. The van der Waals surface area contributed by atoms with Crippen molar-refractivity contribution in [2.75, 3.05) is 6.61 Å². The monoisotopic (exact) mass is 156 g/mol. The van der Waals surface area contributed by atoms with Crippen LogP contribution in [0.1, 0.15) is 26.7 Å². The van der Waals surface area contributed by atoms with E-state index in [4.69, 9.17) is 10.6 Å². The molecule has 0 amide bonds. The van der Waals surface area contributed by atoms with Gasteiger partial charge in [0.1, 0.15) is 6.61 Å². The second-order valence-corrected chi connectivity index (χ2v) is 3.08. The fourth-order valence-corrected chi connectivity index (χ4v) is 1.13. The zero-order chi connectivity index (χ0) is 8.27. The maximum atomic E-state index is 5.92. The lowest BCUT2D eigenvalue weighted by molar-refractivity contribution is 0.173. The summed E-state index contributed by atoms with van der Waals surface area (Å²) in [6.45, 7) is 4.99. The summed E-state index contributed by atoms with van der Waals surface area (Å²) in [6, 6.07) is 0.0995. The Bertz CT molecular complexity index is 156. The molecular weight excluding hydrogens is 140 g/mol. The molecule has 3 heteroatoms. The number of nitrogens with two attached hydrogens (primary N) is 1. The van der Waals surface area contributed by atoms with Crippen LogP contribution in [-0.4, -0.2) is 18.4 Å². The average molecular weight is 156 g/mol. The molecular formula is C8H16N2O. The Labute approximate surface area is 67.6 Å². The van der Waals surface area contributed by atoms with Gasteiger partial charge in [0.25, 0.3) is 0 Å². The normalized spacial score (nSPS) is 22.3. The third-order valence-corrected chi connectivity index (χ3v) is 2.27. The van der Waals surface area contributed by atoms with Crippen LogP contribution >= 0.6 is 0 Å². The van der Waals surface area contributed by atoms with Crippen molar-refractivity contribution in [3.63, 3.8) is 0 Å². The summed E-state index contributed by atoms with van der Waals surface area (Å²) in [4.78, 5) is 4.88. The van der Waals surface area contributed by atoms with Gasteiger partial charge in [-0.1, -0.05) is 25.4 Å². The number of oxime groups is 1. The molecule has 2 N–H and O–H groups in total. The van der Waals surface area contributed by atoms with E-state index in [2.05, 4.69) is 19.0 Å². The summed E-state index contributed by atoms with van der Waals surface area (Å²) in [5.74, 6) is 0.510. The third kappa shape index (κ3) is 1.93. The molecule has 64 valence electrons. The first-order valence-corrected chi connectivity index (χ1v) is 4.20. The maximum Gasteiger partial charge on any atom is 0.122 e. The Balaban J connectivity index is 2.45. The van der Waals surface area contributed by atoms with Crippen molar-refractivity contribution in [1.82, 2.24) is 0 Å². The highest BCUT2D eigenvalue weighted by Gasteiger charge is 2.20. The maximum absolute atomic E-state index is 5.92. The lowest BCUT2D eigenvalue weighted by Crippen LogP contribution is -2.35. The van der Waals surface area contributed by atoms with Crippen molar-refractivity contribution in [3.8, 4) is 0 Å². The second-order valence-electron chi connectivity index (χ2n) is 3.08. The lowest BCUT2D eigenvalue weighted by Gasteiger charge is -2.16. The Morgan fingerprint density at radius 1 is 1.73 bits per heavy atom. The summed E-state index contributed by atoms with van der Waals surface area (Å²) < 4.78 is 0. The van der Waals surface area contributed by atoms with Crippen molar-refractivity contribution in [1.29, 1.82) is 0 Å². The fraction of sp³-hybridized carbons (Fsp3) is 0.875. The van der Waals surface area contributed by atoms with Gasteiger partial charge in [-0.3, -0.25) is 0 Å². The van der Waals surface area contributed by atoms with Gasteiger partial charge in [0, 0.05) is 12.5 Å². The van der Waals surface area contributed by atoms with Gasteiger partial charge in [-0.2, -0.15) is 0 Å². The molecule has 0 aromatic carbocycles. The van der Waals surface area contributed by atoms with E-state index in [1.165, 1.54) is 0 Å². The van der Waals surface area contributed by atoms with Crippen LogP contribution in [-0.2, 0) is 4.84 Å². The van der Waals surface area contributed by atoms with Crippen LogP contribution in [0.15, 0.2) is 5.16 Å². The number of nitrogens with zero attached hydrogens (tertiary/aromatic N) is 1. The Hall–Kier alpha value is -0.570. The van der Waals surface area contributed by atoms with E-state index in [-0.39, 0.29) is 6.04 Å². The topological polar surface area (TPSA) is 47.6 Å². The molecule has 0 saturated heterocycles. The average Bonchev–Trinajstić information content (AvgIpc) is 2.53. The van der Waals surface area contributed by atoms with Crippen LogP contribution < -0.4 is 5.73 Å². The fourth-order valence-electron chi connectivity index (χ4n) is 1.13. The van der Waals surface area contributed by atoms with Crippen LogP contribution in [0.5, 0.6) is 0 Å². The predicted molar refractivity (Wildman–Crippen MR) is 45.4 cm³/mol. The van der Waals surface area contributed by atoms with E-state index in [1.54, 1.807) is 0 Å². The molecule has 0 saturated carbocycles. The largest absolute Gasteiger partial charge is 0.395 e. The second kappa shape index (κ2) is 3.72. The summed E-state index contributed by atoms with van der Waals surface area (Å²) in [5, 5.41) is 3.90. The molecule has 0 radical (unpaired) electrons. The lowest BCUT2D eigenvalue weighted by atomic mass is 9.95. The zero-order valence-corrected chi connectivity index (χ0v) is 7.21. The van der Waals surface area contributed by atoms with Gasteiger partial charge in [-0.05, 0) is 5.92 Å². The zero-order valence-electron chi connectivity index (χ0n) is 7.21. The number of hydrogen-bond donors (Lipinski definition) is 1. The third-order valence-electron chi connectivity index (χ3n) is 2.27. The Morgan fingerprint density at radius 3 is 2.91 bits per heavy atom. The molecule has 11 heavy (non-hydrogen) atoms. The molecule has 0 unspecified atom stereocenters. The first-order valence-electron chi connectivity index (χ1n) is 4.20. The molecule has 0 aromatic heterocycles. The molecule has 0 fully saturated rings. The van der Waals surface area contributed by atoms with Crippen molar-refractivity contribution in [2.24, 2.45) is 16.8 Å². The van der Waals surface area contributed by atoms with E-state index in [0.29, 0.717) is 12.5 Å². The smallest absolute Gasteiger partial charge is 0.122 e. The molecule has 1 aliphatic heterocycles. The molecule has 1 heterocycles. The molecule has 0 aliphatic carbocycles. The van der Waals surface area contributed by atoms with Crippen LogP contribution in [0.25, 0.3) is 0 Å².